The molecule has 0 spiro atoms. The standard InChI is InChI=1S/C10H14O/c1-6-3-4-8-7(2)10(11)5-9(6)8/h5-8H,3-4H2,1-2H3. The van der Waals surface area contributed by atoms with E-state index in [0.29, 0.717) is 17.6 Å². The summed E-state index contributed by atoms with van der Waals surface area (Å²) >= 11 is 0. The Morgan fingerprint density at radius 1 is 1.36 bits per heavy atom. The van der Waals surface area contributed by atoms with Gasteiger partial charge in [-0.2, -0.15) is 0 Å². The summed E-state index contributed by atoms with van der Waals surface area (Å²) in [5.74, 6) is 1.93. The number of carbonyl (C=O) groups excluding carboxylic acids is 1. The molecular formula is C10H14O. The van der Waals surface area contributed by atoms with Crippen molar-refractivity contribution in [2.24, 2.45) is 17.8 Å². The molecule has 1 nitrogen and oxygen atoms in total. The molecule has 2 aliphatic rings. The molecule has 0 heterocycles. The molecule has 1 heteroatoms. The summed E-state index contributed by atoms with van der Waals surface area (Å²) in [5, 5.41) is 0. The number of fused-ring (bicyclic) bond motifs is 1. The van der Waals surface area contributed by atoms with Gasteiger partial charge >= 0.3 is 0 Å². The minimum atomic E-state index is 0.287. The maximum absolute atomic E-state index is 11.3. The van der Waals surface area contributed by atoms with Crippen molar-refractivity contribution in [1.82, 2.24) is 0 Å². The Morgan fingerprint density at radius 2 is 2.09 bits per heavy atom. The number of ketones is 1. The van der Waals surface area contributed by atoms with Crippen LogP contribution in [-0.4, -0.2) is 5.78 Å². The van der Waals surface area contributed by atoms with Gasteiger partial charge < -0.3 is 0 Å². The molecule has 2 aliphatic carbocycles. The van der Waals surface area contributed by atoms with E-state index < -0.39 is 0 Å². The van der Waals surface area contributed by atoms with Gasteiger partial charge in [-0.05, 0) is 30.8 Å². The van der Waals surface area contributed by atoms with E-state index in [-0.39, 0.29) is 5.92 Å². The van der Waals surface area contributed by atoms with Crippen molar-refractivity contribution in [2.45, 2.75) is 26.7 Å². The molecule has 0 N–H and O–H groups in total. The molecule has 0 radical (unpaired) electrons. The lowest BCUT2D eigenvalue weighted by atomic mass is 9.93. The minimum absolute atomic E-state index is 0.287. The van der Waals surface area contributed by atoms with E-state index in [9.17, 15) is 4.79 Å². The highest BCUT2D eigenvalue weighted by Crippen LogP contribution is 2.44. The molecule has 0 bridgehead atoms. The van der Waals surface area contributed by atoms with E-state index in [0.717, 1.165) is 0 Å². The lowest BCUT2D eigenvalue weighted by Gasteiger charge is -2.10. The third-order valence-electron chi connectivity index (χ3n) is 3.27. The summed E-state index contributed by atoms with van der Waals surface area (Å²) in [6.07, 6.45) is 4.42. The molecule has 3 atom stereocenters. The molecule has 11 heavy (non-hydrogen) atoms. The Labute approximate surface area is 67.5 Å². The van der Waals surface area contributed by atoms with Crippen LogP contribution >= 0.6 is 0 Å². The van der Waals surface area contributed by atoms with E-state index in [4.69, 9.17) is 0 Å². The quantitative estimate of drug-likeness (QED) is 0.517. The summed E-state index contributed by atoms with van der Waals surface area (Å²) in [7, 11) is 0. The summed E-state index contributed by atoms with van der Waals surface area (Å²) in [6, 6.07) is 0. The van der Waals surface area contributed by atoms with Gasteiger partial charge in [0.1, 0.15) is 0 Å². The predicted octanol–water partition coefficient (Wildman–Crippen LogP) is 2.18. The highest BCUT2D eigenvalue weighted by atomic mass is 16.1. The van der Waals surface area contributed by atoms with E-state index in [1.807, 2.05) is 6.08 Å². The van der Waals surface area contributed by atoms with E-state index in [1.165, 1.54) is 18.4 Å². The van der Waals surface area contributed by atoms with Gasteiger partial charge in [0.25, 0.3) is 0 Å². The van der Waals surface area contributed by atoms with Crippen LogP contribution in [0.5, 0.6) is 0 Å². The lowest BCUT2D eigenvalue weighted by molar-refractivity contribution is -0.117. The molecule has 0 saturated heterocycles. The van der Waals surface area contributed by atoms with Crippen molar-refractivity contribution in [1.29, 1.82) is 0 Å². The second-order valence-electron chi connectivity index (χ2n) is 3.92. The first-order valence-corrected chi connectivity index (χ1v) is 4.45. The van der Waals surface area contributed by atoms with E-state index >= 15 is 0 Å². The zero-order valence-electron chi connectivity index (χ0n) is 7.13. The van der Waals surface area contributed by atoms with Crippen LogP contribution in [0, 0.1) is 17.8 Å². The first-order valence-electron chi connectivity index (χ1n) is 4.45. The number of allylic oxidation sites excluding steroid dienone is 2. The smallest absolute Gasteiger partial charge is 0.159 e. The van der Waals surface area contributed by atoms with Crippen LogP contribution < -0.4 is 0 Å². The number of hydrogen-bond acceptors (Lipinski definition) is 1. The third kappa shape index (κ3) is 0.867. The maximum Gasteiger partial charge on any atom is 0.159 e. The van der Waals surface area contributed by atoms with Gasteiger partial charge in [-0.15, -0.1) is 0 Å². The van der Waals surface area contributed by atoms with Crippen molar-refractivity contribution in [2.75, 3.05) is 0 Å². The van der Waals surface area contributed by atoms with Crippen LogP contribution in [0.15, 0.2) is 11.6 Å². The van der Waals surface area contributed by atoms with Gasteiger partial charge in [0.05, 0.1) is 0 Å². The molecule has 0 aromatic heterocycles. The van der Waals surface area contributed by atoms with Crippen molar-refractivity contribution < 1.29 is 4.79 Å². The number of carbonyl (C=O) groups is 1. The Kier molecular flexibility index (Phi) is 1.41. The predicted molar refractivity (Wildman–Crippen MR) is 44.1 cm³/mol. The van der Waals surface area contributed by atoms with E-state index in [2.05, 4.69) is 13.8 Å². The first-order chi connectivity index (χ1) is 5.20. The fourth-order valence-electron chi connectivity index (χ4n) is 2.41. The normalized spacial score (nSPS) is 42.5. The Hall–Kier alpha value is -0.590. The van der Waals surface area contributed by atoms with Gasteiger partial charge in [0.15, 0.2) is 5.78 Å². The highest BCUT2D eigenvalue weighted by molar-refractivity contribution is 5.95. The van der Waals surface area contributed by atoms with Crippen LogP contribution in [0.25, 0.3) is 0 Å². The largest absolute Gasteiger partial charge is 0.295 e. The molecule has 0 aromatic carbocycles. The molecule has 1 saturated carbocycles. The molecule has 0 aliphatic heterocycles. The van der Waals surface area contributed by atoms with Gasteiger partial charge in [0, 0.05) is 5.92 Å². The van der Waals surface area contributed by atoms with Crippen molar-refractivity contribution in [3.63, 3.8) is 0 Å². The summed E-state index contributed by atoms with van der Waals surface area (Å²) in [5.41, 5.74) is 1.43. The number of rotatable bonds is 0. The lowest BCUT2D eigenvalue weighted by Crippen LogP contribution is -2.10. The van der Waals surface area contributed by atoms with Crippen molar-refractivity contribution in [3.05, 3.63) is 11.6 Å². The average Bonchev–Trinajstić information content (AvgIpc) is 2.43. The Balaban J connectivity index is 2.31. The Morgan fingerprint density at radius 3 is 2.73 bits per heavy atom. The second kappa shape index (κ2) is 2.20. The number of hydrogen-bond donors (Lipinski definition) is 0. The van der Waals surface area contributed by atoms with Gasteiger partial charge in [-0.25, -0.2) is 0 Å². The second-order valence-corrected chi connectivity index (χ2v) is 3.92. The van der Waals surface area contributed by atoms with Crippen molar-refractivity contribution >= 4 is 5.78 Å². The van der Waals surface area contributed by atoms with Crippen LogP contribution in [0.4, 0.5) is 0 Å². The SMILES string of the molecule is CC1CCC2C1=CC(=O)C2C. The third-order valence-corrected chi connectivity index (χ3v) is 3.27. The molecule has 3 unspecified atom stereocenters. The van der Waals surface area contributed by atoms with Gasteiger partial charge in [-0.3, -0.25) is 4.79 Å². The highest BCUT2D eigenvalue weighted by Gasteiger charge is 2.38. The minimum Gasteiger partial charge on any atom is -0.295 e. The summed E-state index contributed by atoms with van der Waals surface area (Å²) in [4.78, 5) is 11.3. The fraction of sp³-hybridized carbons (Fsp3) is 0.700. The zero-order chi connectivity index (χ0) is 8.01. The fourth-order valence-corrected chi connectivity index (χ4v) is 2.41. The van der Waals surface area contributed by atoms with Crippen LogP contribution in [-0.2, 0) is 4.79 Å². The molecule has 1 fully saturated rings. The summed E-state index contributed by atoms with van der Waals surface area (Å²) in [6.45, 7) is 4.30. The first kappa shape index (κ1) is 7.08. The molecular weight excluding hydrogens is 136 g/mol. The zero-order valence-corrected chi connectivity index (χ0v) is 7.13. The van der Waals surface area contributed by atoms with Gasteiger partial charge in [-0.1, -0.05) is 19.4 Å². The van der Waals surface area contributed by atoms with Crippen LogP contribution in [0.2, 0.25) is 0 Å². The van der Waals surface area contributed by atoms with Crippen LogP contribution in [0.1, 0.15) is 26.7 Å². The molecule has 0 aromatic rings. The average molecular weight is 150 g/mol. The van der Waals surface area contributed by atoms with Crippen LogP contribution in [0.3, 0.4) is 0 Å². The van der Waals surface area contributed by atoms with E-state index in [1.54, 1.807) is 0 Å². The van der Waals surface area contributed by atoms with Gasteiger partial charge in [0.2, 0.25) is 0 Å². The summed E-state index contributed by atoms with van der Waals surface area (Å²) < 4.78 is 0. The topological polar surface area (TPSA) is 17.1 Å². The Bertz CT molecular complexity index is 227. The van der Waals surface area contributed by atoms with Crippen molar-refractivity contribution in [3.8, 4) is 0 Å². The molecule has 2 rings (SSSR count). The maximum atomic E-state index is 11.3. The monoisotopic (exact) mass is 150 g/mol. The molecule has 0 amide bonds. The molecule has 60 valence electrons.